The Morgan fingerprint density at radius 1 is 1.23 bits per heavy atom. The van der Waals surface area contributed by atoms with E-state index in [1.807, 2.05) is 13.8 Å². The van der Waals surface area contributed by atoms with E-state index in [0.29, 0.717) is 22.7 Å². The van der Waals surface area contributed by atoms with Gasteiger partial charge in [0.25, 0.3) is 5.56 Å². The summed E-state index contributed by atoms with van der Waals surface area (Å²) in [5.41, 5.74) is -4.19. The van der Waals surface area contributed by atoms with Gasteiger partial charge in [0.05, 0.1) is 11.4 Å². The van der Waals surface area contributed by atoms with Gasteiger partial charge in [-0.15, -0.1) is 5.10 Å². The number of rotatable bonds is 5. The Bertz CT molecular complexity index is 1270. The van der Waals surface area contributed by atoms with Crippen molar-refractivity contribution in [1.82, 2.24) is 19.2 Å². The molecule has 1 aromatic carbocycles. The van der Waals surface area contributed by atoms with Crippen molar-refractivity contribution in [3.8, 4) is 0 Å². The summed E-state index contributed by atoms with van der Waals surface area (Å²) >= 11 is 0. The van der Waals surface area contributed by atoms with Gasteiger partial charge in [-0.25, -0.2) is 8.99 Å². The largest absolute Gasteiger partial charge is 0.483 e. The zero-order chi connectivity index (χ0) is 21.8. The highest BCUT2D eigenvalue weighted by atomic mass is 32.2. The Hall–Kier alpha value is -2.69. The molecule has 160 valence electrons. The van der Waals surface area contributed by atoms with Crippen LogP contribution in [0.1, 0.15) is 55.5 Å². The number of hydrogen-bond acceptors (Lipinski definition) is 5. The predicted molar refractivity (Wildman–Crippen MR) is 104 cm³/mol. The van der Waals surface area contributed by atoms with Crippen LogP contribution in [0.5, 0.6) is 0 Å². The highest BCUT2D eigenvalue weighted by Crippen LogP contribution is 2.38. The number of fused-ring (bicyclic) bond motifs is 1. The molecule has 0 bridgehead atoms. The van der Waals surface area contributed by atoms with Gasteiger partial charge in [-0.05, 0) is 36.5 Å². The maximum Gasteiger partial charge on any atom is 0.483 e. The maximum absolute atomic E-state index is 12.9. The first kappa shape index (κ1) is 20.6. The molecule has 0 spiro atoms. The van der Waals surface area contributed by atoms with Gasteiger partial charge in [-0.1, -0.05) is 26.0 Å². The fraction of sp³-hybridized carbons (Fsp3) is 0.421. The fourth-order valence-electron chi connectivity index (χ4n) is 3.19. The van der Waals surface area contributed by atoms with Crippen LogP contribution in [0.3, 0.4) is 0 Å². The molecule has 0 amide bonds. The van der Waals surface area contributed by atoms with Crippen LogP contribution in [0, 0.1) is 4.78 Å². The topological polar surface area (TPSA) is 93.1 Å². The lowest BCUT2D eigenvalue weighted by Gasteiger charge is -2.14. The van der Waals surface area contributed by atoms with E-state index in [2.05, 4.69) is 10.1 Å². The van der Waals surface area contributed by atoms with E-state index in [4.69, 9.17) is 4.78 Å². The molecule has 1 aliphatic carbocycles. The quantitative estimate of drug-likeness (QED) is 0.653. The maximum atomic E-state index is 12.9. The average Bonchev–Trinajstić information content (AvgIpc) is 3.41. The van der Waals surface area contributed by atoms with Crippen LogP contribution in [-0.4, -0.2) is 28.9 Å². The third-order valence-electron chi connectivity index (χ3n) is 5.10. The van der Waals surface area contributed by atoms with Crippen molar-refractivity contribution in [2.45, 2.75) is 55.5 Å². The fourth-order valence-corrected chi connectivity index (χ4v) is 3.97. The molecule has 11 heteroatoms. The normalized spacial score (nSPS) is 16.9. The van der Waals surface area contributed by atoms with Crippen molar-refractivity contribution in [2.24, 2.45) is 0 Å². The lowest BCUT2D eigenvalue weighted by molar-refractivity contribution is -0.0406. The average molecular weight is 439 g/mol. The van der Waals surface area contributed by atoms with E-state index >= 15 is 0 Å². The predicted octanol–water partition coefficient (Wildman–Crippen LogP) is 3.87. The van der Waals surface area contributed by atoms with Crippen LogP contribution in [0.4, 0.5) is 13.2 Å². The zero-order valence-electron chi connectivity index (χ0n) is 16.3. The molecule has 1 unspecified atom stereocenters. The van der Waals surface area contributed by atoms with Gasteiger partial charge in [-0.2, -0.15) is 22.7 Å². The van der Waals surface area contributed by atoms with Crippen molar-refractivity contribution >= 4 is 15.5 Å². The smallest absolute Gasteiger partial charge is 0.312 e. The van der Waals surface area contributed by atoms with Crippen LogP contribution in [0.15, 0.2) is 40.2 Å². The number of aromatic nitrogens is 4. The van der Waals surface area contributed by atoms with Crippen molar-refractivity contribution in [3.63, 3.8) is 0 Å². The second kappa shape index (κ2) is 6.93. The highest BCUT2D eigenvalue weighted by Gasteiger charge is 2.43. The Labute approximate surface area is 170 Å². The first-order valence-electron chi connectivity index (χ1n) is 9.43. The minimum absolute atomic E-state index is 0.0520. The molecule has 0 radical (unpaired) electrons. The van der Waals surface area contributed by atoms with Crippen LogP contribution in [0.2, 0.25) is 0 Å². The van der Waals surface area contributed by atoms with Crippen LogP contribution < -0.4 is 5.56 Å². The Morgan fingerprint density at radius 2 is 1.87 bits per heavy atom. The van der Waals surface area contributed by atoms with Gasteiger partial charge in [0, 0.05) is 17.7 Å². The van der Waals surface area contributed by atoms with Gasteiger partial charge in [-0.3, -0.25) is 4.79 Å². The van der Waals surface area contributed by atoms with E-state index in [1.165, 1.54) is 16.6 Å². The second-order valence-electron chi connectivity index (χ2n) is 7.77. The lowest BCUT2D eigenvalue weighted by Crippen LogP contribution is -2.24. The minimum atomic E-state index is -5.13. The molecule has 7 nitrogen and oxygen atoms in total. The molecule has 1 aliphatic rings. The first-order valence-corrected chi connectivity index (χ1v) is 11.0. The number of nitrogens with one attached hydrogen (secondary N) is 1. The standard InChI is InChI=1S/C19H20F3N5O2S/c1-11(2)15-10-26(18-24-16(13-5-6-13)25-27(18)17(15)28)9-12-3-7-14(8-4-12)30(23,29)19(20,21)22/h3-4,7-8,10-11,13,23H,5-6,9H2,1-2H3. The molecule has 1 saturated carbocycles. The number of halogens is 3. The molecule has 0 aliphatic heterocycles. The van der Waals surface area contributed by atoms with Crippen molar-refractivity contribution in [3.05, 3.63) is 57.8 Å². The van der Waals surface area contributed by atoms with Gasteiger partial charge in [0.2, 0.25) is 5.78 Å². The molecule has 1 N–H and O–H groups in total. The molecule has 2 heterocycles. The first-order chi connectivity index (χ1) is 14.0. The molecule has 30 heavy (non-hydrogen) atoms. The summed E-state index contributed by atoms with van der Waals surface area (Å²) in [5.74, 6) is 1.20. The van der Waals surface area contributed by atoms with Crippen molar-refractivity contribution in [2.75, 3.05) is 0 Å². The van der Waals surface area contributed by atoms with E-state index in [1.54, 1.807) is 10.8 Å². The minimum Gasteiger partial charge on any atom is -0.312 e. The molecular weight excluding hydrogens is 419 g/mol. The van der Waals surface area contributed by atoms with Gasteiger partial charge >= 0.3 is 5.51 Å². The van der Waals surface area contributed by atoms with Gasteiger partial charge in [0.15, 0.2) is 15.6 Å². The third kappa shape index (κ3) is 3.51. The molecule has 1 atom stereocenters. The molecule has 4 rings (SSSR count). The lowest BCUT2D eigenvalue weighted by atomic mass is 10.1. The molecule has 3 aromatic rings. The van der Waals surface area contributed by atoms with Gasteiger partial charge < -0.3 is 4.57 Å². The SMILES string of the molecule is CC(C)c1cn(Cc2ccc(S(=N)(=O)C(F)(F)F)cc2)c2nc(C3CC3)nn2c1=O. The van der Waals surface area contributed by atoms with Crippen LogP contribution >= 0.6 is 0 Å². The van der Waals surface area contributed by atoms with Crippen molar-refractivity contribution < 1.29 is 17.4 Å². The Morgan fingerprint density at radius 3 is 2.40 bits per heavy atom. The second-order valence-corrected chi connectivity index (χ2v) is 9.82. The summed E-state index contributed by atoms with van der Waals surface area (Å²) in [6.45, 7) is 4.02. The number of benzene rings is 1. The summed E-state index contributed by atoms with van der Waals surface area (Å²) in [5, 5.41) is 4.38. The molecule has 2 aromatic heterocycles. The number of hydrogen-bond donors (Lipinski definition) is 1. The van der Waals surface area contributed by atoms with E-state index < -0.39 is 20.1 Å². The molecular formula is C19H20F3N5O2S. The summed E-state index contributed by atoms with van der Waals surface area (Å²) in [6, 6.07) is 4.91. The monoisotopic (exact) mass is 439 g/mol. The summed E-state index contributed by atoms with van der Waals surface area (Å²) < 4.78 is 60.6. The van der Waals surface area contributed by atoms with E-state index in [-0.39, 0.29) is 23.9 Å². The van der Waals surface area contributed by atoms with Gasteiger partial charge in [0.1, 0.15) is 0 Å². The van der Waals surface area contributed by atoms with Crippen LogP contribution in [0.25, 0.3) is 5.78 Å². The van der Waals surface area contributed by atoms with Crippen LogP contribution in [-0.2, 0) is 16.3 Å². The number of nitrogens with zero attached hydrogens (tertiary/aromatic N) is 4. The Kier molecular flexibility index (Phi) is 4.75. The van der Waals surface area contributed by atoms with E-state index in [9.17, 15) is 22.2 Å². The number of alkyl halides is 3. The van der Waals surface area contributed by atoms with Crippen molar-refractivity contribution in [1.29, 1.82) is 4.78 Å². The van der Waals surface area contributed by atoms with E-state index in [0.717, 1.165) is 25.0 Å². The summed E-state index contributed by atoms with van der Waals surface area (Å²) in [4.78, 5) is 16.7. The summed E-state index contributed by atoms with van der Waals surface area (Å²) in [6.07, 6.45) is 3.66. The molecule has 0 saturated heterocycles. The molecule has 1 fully saturated rings. The Balaban J connectivity index is 1.75. The summed E-state index contributed by atoms with van der Waals surface area (Å²) in [7, 11) is -4.90. The third-order valence-corrected chi connectivity index (χ3v) is 6.68. The zero-order valence-corrected chi connectivity index (χ0v) is 17.1. The highest BCUT2D eigenvalue weighted by molar-refractivity contribution is 7.93.